The SMILES string of the molecule is CC(O)c1nccc(N2CCc3c(ncnc3-c3ccccc3)C2)n1. The second kappa shape index (κ2) is 6.57. The van der Waals surface area contributed by atoms with Gasteiger partial charge in [-0.3, -0.25) is 0 Å². The van der Waals surface area contributed by atoms with Crippen LogP contribution in [0.15, 0.2) is 48.9 Å². The zero-order chi connectivity index (χ0) is 17.2. The average molecular weight is 333 g/mol. The fourth-order valence-electron chi connectivity index (χ4n) is 3.14. The lowest BCUT2D eigenvalue weighted by Gasteiger charge is -2.30. The van der Waals surface area contributed by atoms with Crippen LogP contribution in [0.2, 0.25) is 0 Å². The molecule has 6 heteroatoms. The number of hydrogen-bond acceptors (Lipinski definition) is 6. The first-order chi connectivity index (χ1) is 12.2. The van der Waals surface area contributed by atoms with Crippen molar-refractivity contribution < 1.29 is 5.11 Å². The van der Waals surface area contributed by atoms with Gasteiger partial charge in [-0.15, -0.1) is 0 Å². The van der Waals surface area contributed by atoms with Gasteiger partial charge < -0.3 is 10.0 Å². The number of aromatic nitrogens is 4. The van der Waals surface area contributed by atoms with Crippen molar-refractivity contribution in [3.05, 3.63) is 66.0 Å². The Labute approximate surface area is 146 Å². The average Bonchev–Trinajstić information content (AvgIpc) is 2.68. The van der Waals surface area contributed by atoms with Crippen LogP contribution in [-0.2, 0) is 13.0 Å². The Bertz CT molecular complexity index is 882. The van der Waals surface area contributed by atoms with Crippen LogP contribution in [0.4, 0.5) is 5.82 Å². The smallest absolute Gasteiger partial charge is 0.158 e. The lowest BCUT2D eigenvalue weighted by Crippen LogP contribution is -2.32. The number of aliphatic hydroxyl groups is 1. The molecule has 1 aliphatic heterocycles. The van der Waals surface area contributed by atoms with Gasteiger partial charge in [-0.2, -0.15) is 0 Å². The highest BCUT2D eigenvalue weighted by Gasteiger charge is 2.22. The molecule has 25 heavy (non-hydrogen) atoms. The van der Waals surface area contributed by atoms with Gasteiger partial charge in [0.1, 0.15) is 18.2 Å². The molecular weight excluding hydrogens is 314 g/mol. The first kappa shape index (κ1) is 15.7. The molecule has 0 spiro atoms. The number of fused-ring (bicyclic) bond motifs is 1. The van der Waals surface area contributed by atoms with Gasteiger partial charge in [0.2, 0.25) is 0 Å². The summed E-state index contributed by atoms with van der Waals surface area (Å²) in [4.78, 5) is 19.8. The summed E-state index contributed by atoms with van der Waals surface area (Å²) in [6.07, 6.45) is 3.50. The Morgan fingerprint density at radius 2 is 1.92 bits per heavy atom. The molecular formula is C19H19N5O. The molecule has 0 radical (unpaired) electrons. The third-order valence-electron chi connectivity index (χ3n) is 4.41. The maximum Gasteiger partial charge on any atom is 0.158 e. The molecule has 0 fully saturated rings. The topological polar surface area (TPSA) is 75.0 Å². The van der Waals surface area contributed by atoms with Crippen LogP contribution >= 0.6 is 0 Å². The highest BCUT2D eigenvalue weighted by Crippen LogP contribution is 2.28. The molecule has 1 atom stereocenters. The monoisotopic (exact) mass is 333 g/mol. The highest BCUT2D eigenvalue weighted by atomic mass is 16.3. The molecule has 6 nitrogen and oxygen atoms in total. The minimum atomic E-state index is -0.677. The molecule has 1 N–H and O–H groups in total. The summed E-state index contributed by atoms with van der Waals surface area (Å²) >= 11 is 0. The number of nitrogens with zero attached hydrogens (tertiary/aromatic N) is 5. The van der Waals surface area contributed by atoms with Crippen molar-refractivity contribution in [1.29, 1.82) is 0 Å². The van der Waals surface area contributed by atoms with E-state index in [-0.39, 0.29) is 0 Å². The first-order valence-electron chi connectivity index (χ1n) is 8.36. The Balaban J connectivity index is 1.66. The van der Waals surface area contributed by atoms with E-state index in [2.05, 4.69) is 37.0 Å². The maximum atomic E-state index is 9.70. The molecule has 2 aromatic heterocycles. The van der Waals surface area contributed by atoms with E-state index in [9.17, 15) is 5.11 Å². The van der Waals surface area contributed by atoms with E-state index in [0.717, 1.165) is 35.7 Å². The predicted octanol–water partition coefficient (Wildman–Crippen LogP) is 2.55. The van der Waals surface area contributed by atoms with Gasteiger partial charge >= 0.3 is 0 Å². The summed E-state index contributed by atoms with van der Waals surface area (Å²) in [6, 6.07) is 12.1. The van der Waals surface area contributed by atoms with Crippen molar-refractivity contribution in [2.75, 3.05) is 11.4 Å². The Hall–Kier alpha value is -2.86. The Morgan fingerprint density at radius 1 is 1.08 bits per heavy atom. The molecule has 4 rings (SSSR count). The molecule has 1 unspecified atom stereocenters. The molecule has 0 amide bonds. The standard InChI is InChI=1S/C19H19N5O/c1-13(25)19-20-9-7-17(23-19)24-10-8-15-16(11-24)21-12-22-18(15)14-5-3-2-4-6-14/h2-7,9,12-13,25H,8,10-11H2,1H3. The van der Waals surface area contributed by atoms with Crippen molar-refractivity contribution in [2.45, 2.75) is 26.0 Å². The zero-order valence-electron chi connectivity index (χ0n) is 14.0. The molecule has 0 saturated heterocycles. The molecule has 1 aliphatic rings. The number of benzene rings is 1. The molecule has 1 aromatic carbocycles. The number of hydrogen-bond donors (Lipinski definition) is 1. The van der Waals surface area contributed by atoms with Crippen molar-refractivity contribution in [1.82, 2.24) is 19.9 Å². The quantitative estimate of drug-likeness (QED) is 0.794. The van der Waals surface area contributed by atoms with Crippen LogP contribution in [0.1, 0.15) is 30.1 Å². The van der Waals surface area contributed by atoms with Gasteiger partial charge in [0, 0.05) is 23.9 Å². The molecule has 0 aliphatic carbocycles. The van der Waals surface area contributed by atoms with Gasteiger partial charge in [0.05, 0.1) is 17.9 Å². The van der Waals surface area contributed by atoms with Crippen molar-refractivity contribution >= 4 is 5.82 Å². The lowest BCUT2D eigenvalue weighted by molar-refractivity contribution is 0.189. The molecule has 126 valence electrons. The van der Waals surface area contributed by atoms with E-state index >= 15 is 0 Å². The summed E-state index contributed by atoms with van der Waals surface area (Å²) in [7, 11) is 0. The van der Waals surface area contributed by atoms with Crippen molar-refractivity contribution in [3.63, 3.8) is 0 Å². The van der Waals surface area contributed by atoms with Gasteiger partial charge in [-0.25, -0.2) is 19.9 Å². The predicted molar refractivity (Wildman–Crippen MR) is 94.9 cm³/mol. The maximum absolute atomic E-state index is 9.70. The van der Waals surface area contributed by atoms with E-state index in [1.807, 2.05) is 24.3 Å². The summed E-state index contributed by atoms with van der Waals surface area (Å²) in [5.74, 6) is 1.26. The second-order valence-corrected chi connectivity index (χ2v) is 6.13. The fraction of sp³-hybridized carbons (Fsp3) is 0.263. The summed E-state index contributed by atoms with van der Waals surface area (Å²) in [5, 5.41) is 9.70. The summed E-state index contributed by atoms with van der Waals surface area (Å²) in [5.41, 5.74) is 4.36. The number of aliphatic hydroxyl groups excluding tert-OH is 1. The summed E-state index contributed by atoms with van der Waals surface area (Å²) in [6.45, 7) is 3.17. The van der Waals surface area contributed by atoms with Crippen molar-refractivity contribution in [2.24, 2.45) is 0 Å². The minimum Gasteiger partial charge on any atom is -0.385 e. The molecule has 3 aromatic rings. The normalized spacial score (nSPS) is 14.9. The van der Waals surface area contributed by atoms with E-state index in [4.69, 9.17) is 0 Å². The number of anilines is 1. The van der Waals surface area contributed by atoms with E-state index in [1.165, 1.54) is 5.56 Å². The first-order valence-corrected chi connectivity index (χ1v) is 8.36. The van der Waals surface area contributed by atoms with Crippen LogP contribution in [0.3, 0.4) is 0 Å². The van der Waals surface area contributed by atoms with Crippen LogP contribution in [0.25, 0.3) is 11.3 Å². The summed E-state index contributed by atoms with van der Waals surface area (Å²) < 4.78 is 0. The number of rotatable bonds is 3. The van der Waals surface area contributed by atoms with E-state index in [1.54, 1.807) is 19.4 Å². The molecule has 0 bridgehead atoms. The zero-order valence-corrected chi connectivity index (χ0v) is 14.0. The van der Waals surface area contributed by atoms with Gasteiger partial charge in [0.15, 0.2) is 5.82 Å². The van der Waals surface area contributed by atoms with Crippen LogP contribution in [0.5, 0.6) is 0 Å². The Morgan fingerprint density at radius 3 is 2.72 bits per heavy atom. The third-order valence-corrected chi connectivity index (χ3v) is 4.41. The second-order valence-electron chi connectivity index (χ2n) is 6.13. The molecule has 3 heterocycles. The van der Waals surface area contributed by atoms with Gasteiger partial charge in [-0.05, 0) is 19.4 Å². The van der Waals surface area contributed by atoms with Crippen LogP contribution in [0, 0.1) is 0 Å². The van der Waals surface area contributed by atoms with Gasteiger partial charge in [0.25, 0.3) is 0 Å². The minimum absolute atomic E-state index is 0.441. The van der Waals surface area contributed by atoms with Crippen LogP contribution < -0.4 is 4.90 Å². The van der Waals surface area contributed by atoms with Crippen LogP contribution in [-0.4, -0.2) is 31.6 Å². The van der Waals surface area contributed by atoms with Gasteiger partial charge in [-0.1, -0.05) is 30.3 Å². The van der Waals surface area contributed by atoms with E-state index in [0.29, 0.717) is 12.4 Å². The van der Waals surface area contributed by atoms with E-state index < -0.39 is 6.10 Å². The largest absolute Gasteiger partial charge is 0.385 e. The molecule has 0 saturated carbocycles. The third kappa shape index (κ3) is 3.08. The Kier molecular flexibility index (Phi) is 4.11. The lowest BCUT2D eigenvalue weighted by atomic mass is 9.98. The van der Waals surface area contributed by atoms with Crippen molar-refractivity contribution in [3.8, 4) is 11.3 Å². The fourth-order valence-corrected chi connectivity index (χ4v) is 3.14. The highest BCUT2D eigenvalue weighted by molar-refractivity contribution is 5.64.